The summed E-state index contributed by atoms with van der Waals surface area (Å²) in [5.41, 5.74) is 1.46. The Morgan fingerprint density at radius 1 is 0.808 bits per heavy atom. The number of hydrogen-bond acceptors (Lipinski definition) is 1. The van der Waals surface area contributed by atoms with E-state index >= 15 is 0 Å². The van der Waals surface area contributed by atoms with Crippen molar-refractivity contribution in [1.82, 2.24) is 0 Å². The number of rotatable bonds is 8. The number of fused-ring (bicyclic) bond motifs is 2. The van der Waals surface area contributed by atoms with Gasteiger partial charge in [-0.25, -0.2) is 0 Å². The van der Waals surface area contributed by atoms with Crippen molar-refractivity contribution >= 4 is 21.5 Å². The van der Waals surface area contributed by atoms with Crippen LogP contribution in [0.5, 0.6) is 0 Å². The number of unbranched alkanes of at least 4 members (excludes halogenated alkanes) is 1. The second kappa shape index (κ2) is 8.98. The lowest BCUT2D eigenvalue weighted by Crippen LogP contribution is -1.99. The Labute approximate surface area is 157 Å². The third kappa shape index (κ3) is 4.15. The molecule has 26 heavy (non-hydrogen) atoms. The van der Waals surface area contributed by atoms with Gasteiger partial charge < -0.3 is 0 Å². The van der Waals surface area contributed by atoms with Crippen LogP contribution in [0.15, 0.2) is 59.4 Å². The summed E-state index contributed by atoms with van der Waals surface area (Å²) in [4.78, 5) is 13.0. The van der Waals surface area contributed by atoms with Crippen molar-refractivity contribution in [3.8, 4) is 0 Å². The molecule has 0 fully saturated rings. The SMILES string of the molecule is CCCC(CC)CCCCc1cc2ccccc2c(=O)c2ccccc12. The van der Waals surface area contributed by atoms with Gasteiger partial charge in [0.25, 0.3) is 0 Å². The van der Waals surface area contributed by atoms with E-state index in [1.807, 2.05) is 36.4 Å². The van der Waals surface area contributed by atoms with Crippen molar-refractivity contribution in [1.29, 1.82) is 0 Å². The summed E-state index contributed by atoms with van der Waals surface area (Å²) < 4.78 is 0. The van der Waals surface area contributed by atoms with Crippen LogP contribution in [0.3, 0.4) is 0 Å². The summed E-state index contributed by atoms with van der Waals surface area (Å²) in [7, 11) is 0. The first-order chi connectivity index (χ1) is 12.7. The zero-order chi connectivity index (χ0) is 18.4. The predicted octanol–water partition coefficient (Wildman–Crippen LogP) is 6.89. The topological polar surface area (TPSA) is 17.1 Å². The molecular formula is C25H30O. The van der Waals surface area contributed by atoms with E-state index in [2.05, 4.69) is 32.0 Å². The Bertz CT molecular complexity index is 926. The molecule has 0 amide bonds. The first-order valence-corrected chi connectivity index (χ1v) is 10.2. The molecule has 3 rings (SSSR count). The second-order valence-corrected chi connectivity index (χ2v) is 7.44. The van der Waals surface area contributed by atoms with Gasteiger partial charge in [0.2, 0.25) is 0 Å². The minimum absolute atomic E-state index is 0.149. The van der Waals surface area contributed by atoms with E-state index in [-0.39, 0.29) is 5.43 Å². The van der Waals surface area contributed by atoms with E-state index in [4.69, 9.17) is 0 Å². The average Bonchev–Trinajstić information content (AvgIpc) is 2.80. The van der Waals surface area contributed by atoms with Gasteiger partial charge in [-0.3, -0.25) is 4.79 Å². The number of aryl methyl sites for hydroxylation is 1. The highest BCUT2D eigenvalue weighted by Gasteiger charge is 2.08. The Hall–Kier alpha value is -2.15. The predicted molar refractivity (Wildman–Crippen MR) is 114 cm³/mol. The maximum absolute atomic E-state index is 13.0. The summed E-state index contributed by atoms with van der Waals surface area (Å²) in [6.45, 7) is 4.59. The normalized spacial score (nSPS) is 12.5. The molecule has 0 spiro atoms. The largest absolute Gasteiger partial charge is 0.289 e. The molecular weight excluding hydrogens is 316 g/mol. The Morgan fingerprint density at radius 3 is 2.23 bits per heavy atom. The summed E-state index contributed by atoms with van der Waals surface area (Å²) >= 11 is 0. The molecule has 0 N–H and O–H groups in total. The molecule has 0 saturated carbocycles. The molecule has 136 valence electrons. The van der Waals surface area contributed by atoms with Gasteiger partial charge in [0.05, 0.1) is 0 Å². The average molecular weight is 347 g/mol. The molecule has 0 saturated heterocycles. The molecule has 0 aromatic heterocycles. The van der Waals surface area contributed by atoms with Crippen molar-refractivity contribution in [2.75, 3.05) is 0 Å². The van der Waals surface area contributed by atoms with Crippen LogP contribution in [0.2, 0.25) is 0 Å². The van der Waals surface area contributed by atoms with Crippen LogP contribution >= 0.6 is 0 Å². The molecule has 3 aromatic carbocycles. The van der Waals surface area contributed by atoms with Gasteiger partial charge in [0.1, 0.15) is 0 Å². The highest BCUT2D eigenvalue weighted by atomic mass is 16.1. The van der Waals surface area contributed by atoms with Crippen molar-refractivity contribution in [2.45, 2.75) is 58.8 Å². The van der Waals surface area contributed by atoms with Gasteiger partial charge in [0.15, 0.2) is 5.43 Å². The fraction of sp³-hybridized carbons (Fsp3) is 0.400. The van der Waals surface area contributed by atoms with Gasteiger partial charge in [0, 0.05) is 10.8 Å². The minimum Gasteiger partial charge on any atom is -0.289 e. The zero-order valence-corrected chi connectivity index (χ0v) is 16.1. The Morgan fingerprint density at radius 2 is 1.50 bits per heavy atom. The van der Waals surface area contributed by atoms with Crippen LogP contribution in [0.1, 0.15) is 57.9 Å². The maximum Gasteiger partial charge on any atom is 0.194 e. The van der Waals surface area contributed by atoms with Crippen LogP contribution in [-0.2, 0) is 6.42 Å². The van der Waals surface area contributed by atoms with E-state index < -0.39 is 0 Å². The Balaban J connectivity index is 1.90. The van der Waals surface area contributed by atoms with Gasteiger partial charge in [-0.05, 0) is 35.1 Å². The molecule has 3 aromatic rings. The van der Waals surface area contributed by atoms with Crippen LogP contribution < -0.4 is 5.43 Å². The van der Waals surface area contributed by atoms with E-state index in [9.17, 15) is 4.79 Å². The van der Waals surface area contributed by atoms with Gasteiger partial charge in [-0.1, -0.05) is 101 Å². The quantitative estimate of drug-likeness (QED) is 0.406. The summed E-state index contributed by atoms with van der Waals surface area (Å²) in [5, 5.41) is 3.85. The van der Waals surface area contributed by atoms with E-state index in [0.29, 0.717) is 0 Å². The molecule has 1 nitrogen and oxygen atoms in total. The first-order valence-electron chi connectivity index (χ1n) is 10.2. The molecule has 0 bridgehead atoms. The molecule has 0 aliphatic carbocycles. The standard InChI is InChI=1S/C25H30O/c1-3-11-19(4-2)12-5-6-13-20-18-21-14-7-8-16-23(21)25(26)24-17-10-9-15-22(20)24/h7-10,14-19H,3-6,11-13H2,1-2H3. The molecule has 0 radical (unpaired) electrons. The van der Waals surface area contributed by atoms with E-state index in [1.165, 1.54) is 44.1 Å². The molecule has 1 heteroatoms. The van der Waals surface area contributed by atoms with Gasteiger partial charge in [-0.15, -0.1) is 0 Å². The third-order valence-electron chi connectivity index (χ3n) is 5.64. The fourth-order valence-corrected chi connectivity index (χ4v) is 4.12. The zero-order valence-electron chi connectivity index (χ0n) is 16.1. The van der Waals surface area contributed by atoms with Crippen molar-refractivity contribution < 1.29 is 0 Å². The van der Waals surface area contributed by atoms with Crippen LogP contribution in [0, 0.1) is 5.92 Å². The molecule has 0 aliphatic rings. The summed E-state index contributed by atoms with van der Waals surface area (Å²) in [5.74, 6) is 0.873. The maximum atomic E-state index is 13.0. The first kappa shape index (κ1) is 18.6. The molecule has 1 unspecified atom stereocenters. The summed E-state index contributed by atoms with van der Waals surface area (Å²) in [6, 6.07) is 18.3. The van der Waals surface area contributed by atoms with Gasteiger partial charge >= 0.3 is 0 Å². The number of hydrogen-bond donors (Lipinski definition) is 0. The monoisotopic (exact) mass is 346 g/mol. The van der Waals surface area contributed by atoms with Crippen molar-refractivity contribution in [2.24, 2.45) is 5.92 Å². The van der Waals surface area contributed by atoms with Gasteiger partial charge in [-0.2, -0.15) is 0 Å². The molecule has 0 heterocycles. The highest BCUT2D eigenvalue weighted by molar-refractivity contribution is 5.95. The van der Waals surface area contributed by atoms with E-state index in [0.717, 1.165) is 33.9 Å². The van der Waals surface area contributed by atoms with Crippen molar-refractivity contribution in [3.63, 3.8) is 0 Å². The lowest BCUT2D eigenvalue weighted by molar-refractivity contribution is 0.414. The molecule has 0 aliphatic heterocycles. The lowest BCUT2D eigenvalue weighted by Gasteiger charge is -2.13. The van der Waals surface area contributed by atoms with Crippen LogP contribution in [-0.4, -0.2) is 0 Å². The lowest BCUT2D eigenvalue weighted by atomic mass is 9.93. The van der Waals surface area contributed by atoms with Crippen LogP contribution in [0.4, 0.5) is 0 Å². The Kier molecular flexibility index (Phi) is 6.44. The number of benzene rings is 2. The van der Waals surface area contributed by atoms with Crippen LogP contribution in [0.25, 0.3) is 21.5 Å². The summed E-state index contributed by atoms with van der Waals surface area (Å²) in [6.07, 6.45) is 8.77. The van der Waals surface area contributed by atoms with Crippen molar-refractivity contribution in [3.05, 3.63) is 70.4 Å². The minimum atomic E-state index is 0.149. The fourth-order valence-electron chi connectivity index (χ4n) is 4.12. The second-order valence-electron chi connectivity index (χ2n) is 7.44. The smallest absolute Gasteiger partial charge is 0.194 e. The highest BCUT2D eigenvalue weighted by Crippen LogP contribution is 2.23. The van der Waals surface area contributed by atoms with E-state index in [1.54, 1.807) is 0 Å². The third-order valence-corrected chi connectivity index (χ3v) is 5.64. The molecule has 1 atom stereocenters.